The molecule has 4 atom stereocenters. The van der Waals surface area contributed by atoms with E-state index < -0.39 is 42.2 Å². The molecule has 0 aliphatic rings. The molecule has 6 aromatic carbocycles. The first-order valence-electron chi connectivity index (χ1n) is 22.7. The van der Waals surface area contributed by atoms with Crippen LogP contribution in [0, 0.1) is 0 Å². The maximum absolute atomic E-state index is 11.0. The van der Waals surface area contributed by atoms with Gasteiger partial charge in [-0.3, -0.25) is 14.4 Å². The molecule has 77 heavy (non-hydrogen) atoms. The van der Waals surface area contributed by atoms with Gasteiger partial charge in [-0.25, -0.2) is 0 Å². The zero-order valence-corrected chi connectivity index (χ0v) is 41.5. The standard InChI is InChI=1S/C10H13NO4.C9H11NO4.C9H10O4.2C8H11NO3.C8H11NO2/c1-15-10(14)7(11)4-6-2-3-8(12)9(13)5-6;10-6(9(13)14)3-5-1-2-7(11)8(12)4-5;10-7-3-1-6(5-8(7)11)2-4-9(12)13;2*9-4-8(12)5-1-2-6(10)7(11)3-5;9-4-3-6-1-2-7(10)8(11)5-6/h2-3,5,7,12-13H,4,11H2,1H3;1-2,4,6,11-12H,3,10H2,(H,13,14);1,3,5,10-11H,2,4H2,(H,12,13);2*1-3,8,10-12H,4,9H2;1-2,5,10-11H,3-4,9H2. The lowest BCUT2D eigenvalue weighted by molar-refractivity contribution is -0.142. The Labute approximate surface area is 441 Å². The fourth-order valence-electron chi connectivity index (χ4n) is 5.86. The number of hydrogen-bond donors (Lipinski definition) is 21. The lowest BCUT2D eigenvalue weighted by atomic mass is 10.1. The van der Waals surface area contributed by atoms with E-state index in [1.165, 1.54) is 98.1 Å². The maximum atomic E-state index is 11.0. The van der Waals surface area contributed by atoms with Gasteiger partial charge in [0, 0.05) is 19.5 Å². The summed E-state index contributed by atoms with van der Waals surface area (Å²) >= 11 is 0. The number of methoxy groups -OCH3 is 1. The highest BCUT2D eigenvalue weighted by atomic mass is 16.5. The minimum atomic E-state index is -1.10. The van der Waals surface area contributed by atoms with Crippen molar-refractivity contribution >= 4 is 17.9 Å². The quantitative estimate of drug-likeness (QED) is 0.0517. The van der Waals surface area contributed by atoms with Crippen LogP contribution in [0.15, 0.2) is 109 Å². The van der Waals surface area contributed by atoms with E-state index in [-0.39, 0.29) is 101 Å². The summed E-state index contributed by atoms with van der Waals surface area (Å²) in [4.78, 5) is 31.6. The van der Waals surface area contributed by atoms with E-state index in [0.717, 1.165) is 5.56 Å². The Morgan fingerprint density at radius 3 is 1.01 bits per heavy atom. The molecule has 4 unspecified atom stereocenters. The molecule has 420 valence electrons. The molecule has 0 spiro atoms. The van der Waals surface area contributed by atoms with Crippen molar-refractivity contribution in [2.24, 2.45) is 28.7 Å². The fourth-order valence-corrected chi connectivity index (χ4v) is 5.86. The van der Waals surface area contributed by atoms with E-state index in [1.807, 2.05) is 0 Å². The van der Waals surface area contributed by atoms with Gasteiger partial charge in [0.2, 0.25) is 0 Å². The van der Waals surface area contributed by atoms with Gasteiger partial charge in [-0.05, 0) is 138 Å². The van der Waals surface area contributed by atoms with Crippen molar-refractivity contribution in [3.8, 4) is 69.0 Å². The first-order valence-corrected chi connectivity index (χ1v) is 22.7. The number of benzene rings is 6. The van der Waals surface area contributed by atoms with Crippen LogP contribution < -0.4 is 28.7 Å². The zero-order chi connectivity index (χ0) is 58.5. The summed E-state index contributed by atoms with van der Waals surface area (Å²) in [5, 5.41) is 144. The third-order valence-corrected chi connectivity index (χ3v) is 10.2. The molecule has 6 rings (SSSR count). The normalized spacial score (nSPS) is 11.7. The average molecular weight is 1080 g/mol. The van der Waals surface area contributed by atoms with E-state index >= 15 is 0 Å². The number of carbonyl (C=O) groups excluding carboxylic acids is 1. The molecule has 6 aromatic rings. The van der Waals surface area contributed by atoms with Crippen molar-refractivity contribution in [1.82, 2.24) is 0 Å². The van der Waals surface area contributed by atoms with Crippen LogP contribution in [-0.4, -0.2) is 138 Å². The molecule has 0 radical (unpaired) electrons. The lowest BCUT2D eigenvalue weighted by Gasteiger charge is -2.09. The molecule has 0 bridgehead atoms. The van der Waals surface area contributed by atoms with Crippen LogP contribution in [-0.2, 0) is 44.8 Å². The molecule has 0 heterocycles. The van der Waals surface area contributed by atoms with Crippen molar-refractivity contribution in [1.29, 1.82) is 0 Å². The minimum absolute atomic E-state index is 0.0181. The third-order valence-electron chi connectivity index (χ3n) is 10.2. The van der Waals surface area contributed by atoms with E-state index in [2.05, 4.69) is 4.74 Å². The Bertz CT molecular complexity index is 2740. The van der Waals surface area contributed by atoms with Gasteiger partial charge in [0.25, 0.3) is 0 Å². The summed E-state index contributed by atoms with van der Waals surface area (Å²) in [6, 6.07) is 23.8. The first kappa shape index (κ1) is 66.1. The number of hydrogen-bond acceptors (Lipinski definition) is 23. The fraction of sp³-hybridized carbons (Fsp3) is 0.250. The predicted octanol–water partition coefficient (Wildman–Crippen LogP) is 2.09. The number of aromatic hydroxyl groups is 12. The number of aliphatic hydroxyl groups is 2. The summed E-state index contributed by atoms with van der Waals surface area (Å²) in [6.07, 6.45) is -0.140. The van der Waals surface area contributed by atoms with E-state index in [9.17, 15) is 29.7 Å². The highest BCUT2D eigenvalue weighted by Gasteiger charge is 2.16. The molecular weight excluding hydrogens is 1010 g/mol. The largest absolute Gasteiger partial charge is 0.504 e. The van der Waals surface area contributed by atoms with Crippen molar-refractivity contribution in [3.05, 3.63) is 143 Å². The molecular formula is C52H67N5O20. The van der Waals surface area contributed by atoms with Crippen LogP contribution in [0.1, 0.15) is 52.0 Å². The van der Waals surface area contributed by atoms with Gasteiger partial charge in [0.05, 0.1) is 19.3 Å². The number of carboxylic acid groups (broad SMARTS) is 2. The number of esters is 1. The topological polar surface area (TPSA) is 514 Å². The Kier molecular flexibility index (Phi) is 29.0. The second-order valence-corrected chi connectivity index (χ2v) is 16.2. The molecule has 0 saturated carbocycles. The van der Waals surface area contributed by atoms with Crippen molar-refractivity contribution in [2.75, 3.05) is 26.7 Å². The van der Waals surface area contributed by atoms with Crippen LogP contribution >= 0.6 is 0 Å². The summed E-state index contributed by atoms with van der Waals surface area (Å²) in [5.74, 6) is -4.95. The average Bonchev–Trinajstić information content (AvgIpc) is 3.39. The maximum Gasteiger partial charge on any atom is 0.322 e. The molecule has 0 fully saturated rings. The number of aliphatic carboxylic acids is 2. The molecule has 0 aliphatic carbocycles. The summed E-state index contributed by atoms with van der Waals surface area (Å²) in [5.41, 5.74) is 30.4. The predicted molar refractivity (Wildman–Crippen MR) is 278 cm³/mol. The van der Waals surface area contributed by atoms with E-state index in [1.54, 1.807) is 18.2 Å². The molecule has 25 heteroatoms. The zero-order valence-electron chi connectivity index (χ0n) is 41.5. The Balaban J connectivity index is 0.000000463. The van der Waals surface area contributed by atoms with Gasteiger partial charge < -0.3 is 115 Å². The number of carboxylic acids is 2. The SMILES string of the molecule is COC(=O)C(N)Cc1ccc(O)c(O)c1.NC(Cc1ccc(O)c(O)c1)C(=O)O.NCC(O)c1ccc(O)c(O)c1.NCC(O)c1ccc(O)c(O)c1.NCCc1ccc(O)c(O)c1.O=C(O)CCc1ccc(O)c(O)c1. The number of phenols is 12. The van der Waals surface area contributed by atoms with Gasteiger partial charge in [0.15, 0.2) is 69.0 Å². The highest BCUT2D eigenvalue weighted by Crippen LogP contribution is 2.30. The number of ether oxygens (including phenoxy) is 1. The number of nitrogens with two attached hydrogens (primary N) is 5. The molecule has 0 amide bonds. The summed E-state index contributed by atoms with van der Waals surface area (Å²) in [6.45, 7) is 0.721. The van der Waals surface area contributed by atoms with Gasteiger partial charge in [0.1, 0.15) is 12.1 Å². The lowest BCUT2D eigenvalue weighted by Crippen LogP contribution is -2.33. The number of phenolic OH excluding ortho intramolecular Hbond substituents is 12. The van der Waals surface area contributed by atoms with E-state index in [4.69, 9.17) is 95.1 Å². The molecule has 0 saturated heterocycles. The third kappa shape index (κ3) is 24.8. The van der Waals surface area contributed by atoms with Gasteiger partial charge in [-0.15, -0.1) is 0 Å². The number of aliphatic hydroxyl groups excluding tert-OH is 2. The van der Waals surface area contributed by atoms with Crippen molar-refractivity contribution in [3.63, 3.8) is 0 Å². The number of aryl methyl sites for hydroxylation is 1. The minimum Gasteiger partial charge on any atom is -0.504 e. The summed E-state index contributed by atoms with van der Waals surface area (Å²) < 4.78 is 4.46. The first-order chi connectivity index (χ1) is 36.2. The van der Waals surface area contributed by atoms with Gasteiger partial charge in [-0.2, -0.15) is 0 Å². The monoisotopic (exact) mass is 1080 g/mol. The van der Waals surface area contributed by atoms with Crippen LogP contribution in [0.2, 0.25) is 0 Å². The molecule has 25 nitrogen and oxygen atoms in total. The second-order valence-electron chi connectivity index (χ2n) is 16.2. The molecule has 0 aliphatic heterocycles. The van der Waals surface area contributed by atoms with Crippen LogP contribution in [0.5, 0.6) is 69.0 Å². The Morgan fingerprint density at radius 1 is 0.429 bits per heavy atom. The van der Waals surface area contributed by atoms with Crippen LogP contribution in [0.4, 0.5) is 0 Å². The van der Waals surface area contributed by atoms with Crippen LogP contribution in [0.25, 0.3) is 0 Å². The Hall–Kier alpha value is -8.95. The van der Waals surface area contributed by atoms with Gasteiger partial charge >= 0.3 is 17.9 Å². The Morgan fingerprint density at radius 2 is 0.727 bits per heavy atom. The smallest absolute Gasteiger partial charge is 0.322 e. The molecule has 0 aromatic heterocycles. The number of carbonyl (C=O) groups is 3. The van der Waals surface area contributed by atoms with Crippen LogP contribution in [0.3, 0.4) is 0 Å². The number of rotatable bonds is 15. The van der Waals surface area contributed by atoms with Crippen molar-refractivity contribution in [2.45, 2.75) is 56.4 Å². The van der Waals surface area contributed by atoms with Gasteiger partial charge in [-0.1, -0.05) is 36.4 Å². The van der Waals surface area contributed by atoms with Crippen molar-refractivity contribution < 1.29 is 101 Å². The van der Waals surface area contributed by atoms with E-state index in [0.29, 0.717) is 47.2 Å². The summed E-state index contributed by atoms with van der Waals surface area (Å²) in [7, 11) is 1.26. The molecule has 26 N–H and O–H groups in total. The second kappa shape index (κ2) is 33.8. The highest BCUT2D eigenvalue weighted by molar-refractivity contribution is 5.75.